The molecule has 1 aliphatic carbocycles. The summed E-state index contributed by atoms with van der Waals surface area (Å²) in [7, 11) is -8.13. The molecular weight excluding hydrogens is 428 g/mol. The third kappa shape index (κ3) is 3.10. The minimum absolute atomic E-state index is 0.0648. The molecule has 5 rings (SSSR count). The van der Waals surface area contributed by atoms with Crippen molar-refractivity contribution in [3.63, 3.8) is 0 Å². The average Bonchev–Trinajstić information content (AvgIpc) is 3.18. The van der Waals surface area contributed by atoms with Gasteiger partial charge in [0.2, 0.25) is 19.7 Å². The van der Waals surface area contributed by atoms with E-state index in [1.54, 1.807) is 42.5 Å². The lowest BCUT2D eigenvalue weighted by Gasteiger charge is -2.16. The predicted octanol–water partition coefficient (Wildman–Crippen LogP) is 4.92. The van der Waals surface area contributed by atoms with Crippen LogP contribution in [0.1, 0.15) is 11.1 Å². The zero-order valence-corrected chi connectivity index (χ0v) is 18.0. The molecule has 154 valence electrons. The van der Waals surface area contributed by atoms with E-state index in [9.17, 15) is 16.8 Å². The van der Waals surface area contributed by atoms with Crippen LogP contribution in [0.4, 0.5) is 0 Å². The van der Waals surface area contributed by atoms with Gasteiger partial charge >= 0.3 is 0 Å². The molecule has 0 radical (unpaired) electrons. The highest BCUT2D eigenvalue weighted by Crippen LogP contribution is 2.44. The smallest absolute Gasteiger partial charge is 0.208 e. The van der Waals surface area contributed by atoms with Gasteiger partial charge in [-0.3, -0.25) is 0 Å². The molecule has 0 bridgehead atoms. The van der Waals surface area contributed by atoms with E-state index in [0.29, 0.717) is 12.0 Å². The average molecular weight is 447 g/mol. The van der Waals surface area contributed by atoms with Crippen LogP contribution in [0.5, 0.6) is 0 Å². The summed E-state index contributed by atoms with van der Waals surface area (Å²) in [6, 6.07) is 26.8. The van der Waals surface area contributed by atoms with E-state index in [1.807, 2.05) is 24.3 Å². The topological polar surface area (TPSA) is 68.3 Å². The summed E-state index contributed by atoms with van der Waals surface area (Å²) < 4.78 is 54.6. The van der Waals surface area contributed by atoms with Gasteiger partial charge in [-0.15, -0.1) is 0 Å². The van der Waals surface area contributed by atoms with Crippen molar-refractivity contribution in [2.75, 3.05) is 0 Å². The summed E-state index contributed by atoms with van der Waals surface area (Å²) in [5.74, 6) is 0. The van der Waals surface area contributed by atoms with Gasteiger partial charge in [-0.2, -0.15) is 0 Å². The summed E-state index contributed by atoms with van der Waals surface area (Å²) >= 11 is 0. The SMILES string of the molecule is O=S(=O)(c1ccccc1)c1ccc2c(c1S(=O)(=O)c1ccccc1)Cc1ccccc1-2. The second kappa shape index (κ2) is 7.18. The Balaban J connectivity index is 1.85. The Kier molecular flexibility index (Phi) is 4.57. The molecule has 0 fully saturated rings. The van der Waals surface area contributed by atoms with Gasteiger partial charge in [0.15, 0.2) is 0 Å². The molecule has 4 nitrogen and oxygen atoms in total. The van der Waals surface area contributed by atoms with Crippen LogP contribution in [0.25, 0.3) is 11.1 Å². The van der Waals surface area contributed by atoms with Crippen LogP contribution in [-0.4, -0.2) is 16.8 Å². The zero-order chi connectivity index (χ0) is 21.6. The van der Waals surface area contributed by atoms with Crippen LogP contribution in [0, 0.1) is 0 Å². The van der Waals surface area contributed by atoms with Gasteiger partial charge in [-0.25, -0.2) is 16.8 Å². The number of rotatable bonds is 4. The van der Waals surface area contributed by atoms with Gasteiger partial charge in [-0.1, -0.05) is 66.7 Å². The standard InChI is InChI=1S/C25H18O4S2/c26-30(27,19-10-3-1-4-11-19)24-16-15-22-21-14-8-7-9-18(21)17-23(22)25(24)31(28,29)20-12-5-2-6-13-20/h1-16H,17H2. The number of benzene rings is 4. The van der Waals surface area contributed by atoms with Crippen molar-refractivity contribution in [1.82, 2.24) is 0 Å². The Morgan fingerprint density at radius 2 is 1.06 bits per heavy atom. The maximum absolute atomic E-state index is 13.8. The Morgan fingerprint density at radius 1 is 0.516 bits per heavy atom. The lowest BCUT2D eigenvalue weighted by Crippen LogP contribution is -2.13. The lowest BCUT2D eigenvalue weighted by atomic mass is 10.1. The van der Waals surface area contributed by atoms with Gasteiger partial charge in [0.05, 0.1) is 19.6 Å². The third-order valence-corrected chi connectivity index (χ3v) is 9.40. The highest BCUT2D eigenvalue weighted by Gasteiger charge is 2.35. The third-order valence-electron chi connectivity index (χ3n) is 5.56. The Bertz CT molecular complexity index is 1510. The summed E-state index contributed by atoms with van der Waals surface area (Å²) in [6.07, 6.45) is 0.366. The molecule has 31 heavy (non-hydrogen) atoms. The van der Waals surface area contributed by atoms with Crippen LogP contribution in [0.2, 0.25) is 0 Å². The fourth-order valence-corrected chi connectivity index (χ4v) is 7.74. The summed E-state index contributed by atoms with van der Waals surface area (Å²) in [4.78, 5) is -0.177. The molecule has 0 heterocycles. The van der Waals surface area contributed by atoms with E-state index in [4.69, 9.17) is 0 Å². The highest BCUT2D eigenvalue weighted by molar-refractivity contribution is 7.94. The van der Waals surface area contributed by atoms with Gasteiger partial charge in [0.1, 0.15) is 0 Å². The molecule has 4 aromatic rings. The van der Waals surface area contributed by atoms with E-state index >= 15 is 0 Å². The highest BCUT2D eigenvalue weighted by atomic mass is 32.2. The van der Waals surface area contributed by atoms with Gasteiger partial charge in [-0.05, 0) is 52.6 Å². The first-order valence-electron chi connectivity index (χ1n) is 9.75. The molecule has 0 aromatic heterocycles. The van der Waals surface area contributed by atoms with Crippen LogP contribution in [0.3, 0.4) is 0 Å². The van der Waals surface area contributed by atoms with Crippen molar-refractivity contribution in [2.24, 2.45) is 0 Å². The molecule has 0 unspecified atom stereocenters. The van der Waals surface area contributed by atoms with Crippen molar-refractivity contribution in [2.45, 2.75) is 26.0 Å². The van der Waals surface area contributed by atoms with Crippen molar-refractivity contribution < 1.29 is 16.8 Å². The summed E-state index contributed by atoms with van der Waals surface area (Å²) in [5, 5.41) is 0. The van der Waals surface area contributed by atoms with Crippen LogP contribution < -0.4 is 0 Å². The predicted molar refractivity (Wildman–Crippen MR) is 118 cm³/mol. The Morgan fingerprint density at radius 3 is 1.71 bits per heavy atom. The van der Waals surface area contributed by atoms with Crippen LogP contribution >= 0.6 is 0 Å². The molecule has 4 aromatic carbocycles. The first-order valence-corrected chi connectivity index (χ1v) is 12.7. The van der Waals surface area contributed by atoms with Gasteiger partial charge in [0, 0.05) is 6.42 Å². The first-order chi connectivity index (χ1) is 14.9. The molecule has 0 N–H and O–H groups in total. The Labute approximate surface area is 181 Å². The maximum Gasteiger partial charge on any atom is 0.208 e. The molecule has 0 saturated carbocycles. The van der Waals surface area contributed by atoms with E-state index in [0.717, 1.165) is 16.7 Å². The van der Waals surface area contributed by atoms with Crippen molar-refractivity contribution in [1.29, 1.82) is 0 Å². The number of fused-ring (bicyclic) bond motifs is 3. The fourth-order valence-electron chi connectivity index (χ4n) is 4.11. The molecule has 0 spiro atoms. The van der Waals surface area contributed by atoms with Crippen LogP contribution in [0.15, 0.2) is 117 Å². The molecule has 6 heteroatoms. The zero-order valence-electron chi connectivity index (χ0n) is 16.4. The van der Waals surface area contributed by atoms with Crippen molar-refractivity contribution in [3.05, 3.63) is 108 Å². The number of hydrogen-bond acceptors (Lipinski definition) is 4. The van der Waals surface area contributed by atoms with E-state index in [1.165, 1.54) is 30.3 Å². The van der Waals surface area contributed by atoms with Crippen molar-refractivity contribution >= 4 is 19.7 Å². The molecular formula is C25H18O4S2. The van der Waals surface area contributed by atoms with Gasteiger partial charge < -0.3 is 0 Å². The van der Waals surface area contributed by atoms with Crippen LogP contribution in [-0.2, 0) is 26.1 Å². The van der Waals surface area contributed by atoms with E-state index < -0.39 is 19.7 Å². The van der Waals surface area contributed by atoms with Crippen molar-refractivity contribution in [3.8, 4) is 11.1 Å². The summed E-state index contributed by atoms with van der Waals surface area (Å²) in [5.41, 5.74) is 3.21. The lowest BCUT2D eigenvalue weighted by molar-refractivity contribution is 0.581. The number of sulfone groups is 2. The van der Waals surface area contributed by atoms with E-state index in [-0.39, 0.29) is 19.6 Å². The maximum atomic E-state index is 13.8. The second-order valence-electron chi connectivity index (χ2n) is 7.39. The normalized spacial score (nSPS) is 12.9. The minimum Gasteiger partial charge on any atom is -0.218 e. The second-order valence-corrected chi connectivity index (χ2v) is 11.2. The van der Waals surface area contributed by atoms with Gasteiger partial charge in [0.25, 0.3) is 0 Å². The minimum atomic E-state index is -4.08. The first kappa shape index (κ1) is 19.7. The number of hydrogen-bond donors (Lipinski definition) is 0. The quantitative estimate of drug-likeness (QED) is 0.393. The Hall–Kier alpha value is -3.22. The molecule has 0 amide bonds. The fraction of sp³-hybridized carbons (Fsp3) is 0.0400. The molecule has 0 atom stereocenters. The van der Waals surface area contributed by atoms with E-state index in [2.05, 4.69) is 0 Å². The summed E-state index contributed by atoms with van der Waals surface area (Å²) in [6.45, 7) is 0. The molecule has 1 aliphatic rings. The molecule has 0 saturated heterocycles. The molecule has 0 aliphatic heterocycles. The monoisotopic (exact) mass is 446 g/mol. The largest absolute Gasteiger partial charge is 0.218 e.